The molecule has 3 aromatic carbocycles. The Kier molecular flexibility index (Phi) is 9.57. The van der Waals surface area contributed by atoms with Crippen molar-refractivity contribution in [2.75, 3.05) is 23.3 Å². The maximum atomic E-state index is 13.8. The minimum atomic E-state index is -1.82. The van der Waals surface area contributed by atoms with Gasteiger partial charge in [0.1, 0.15) is 5.60 Å². The summed E-state index contributed by atoms with van der Waals surface area (Å²) in [6, 6.07) is 21.4. The van der Waals surface area contributed by atoms with Gasteiger partial charge < -0.3 is 19.4 Å². The first-order chi connectivity index (χ1) is 20.0. The lowest BCUT2D eigenvalue weighted by molar-refractivity contribution is 0.00707. The molecule has 0 bridgehead atoms. The van der Waals surface area contributed by atoms with Crippen LogP contribution in [0.3, 0.4) is 0 Å². The van der Waals surface area contributed by atoms with E-state index in [9.17, 15) is 9.59 Å². The molecule has 7 heteroatoms. The monoisotopic (exact) mass is 600 g/mol. The smallest absolute Gasteiger partial charge is 0.340 e. The molecule has 1 heterocycles. The van der Waals surface area contributed by atoms with Crippen molar-refractivity contribution in [2.24, 2.45) is 0 Å². The highest BCUT2D eigenvalue weighted by Crippen LogP contribution is 2.39. The number of rotatable bonds is 7. The van der Waals surface area contributed by atoms with Gasteiger partial charge in [-0.3, -0.25) is 4.79 Å². The van der Waals surface area contributed by atoms with Gasteiger partial charge in [-0.15, -0.1) is 0 Å². The van der Waals surface area contributed by atoms with Gasteiger partial charge in [0.15, 0.2) is 8.32 Å². The van der Waals surface area contributed by atoms with Crippen LogP contribution in [0.5, 0.6) is 0 Å². The van der Waals surface area contributed by atoms with Gasteiger partial charge in [-0.2, -0.15) is 0 Å². The number of nitrogens with zero attached hydrogens (tertiary/aromatic N) is 1. The fourth-order valence-corrected chi connectivity index (χ4v) is 6.46. The summed E-state index contributed by atoms with van der Waals surface area (Å²) in [4.78, 5) is 29.3. The van der Waals surface area contributed by atoms with E-state index in [-0.39, 0.29) is 17.0 Å². The molecule has 1 N–H and O–H groups in total. The van der Waals surface area contributed by atoms with Crippen LogP contribution in [0.4, 0.5) is 11.4 Å². The number of carbonyl (C=O) groups excluding carboxylic acids is 2. The van der Waals surface area contributed by atoms with Gasteiger partial charge in [-0.05, 0) is 99.6 Å². The van der Waals surface area contributed by atoms with Gasteiger partial charge >= 0.3 is 5.97 Å². The summed E-state index contributed by atoms with van der Waals surface area (Å²) in [6.07, 6.45) is 2.20. The molecule has 1 aliphatic rings. The minimum absolute atomic E-state index is 0.188. The van der Waals surface area contributed by atoms with Gasteiger partial charge in [-0.1, -0.05) is 63.2 Å². The number of hydrogen-bond acceptors (Lipinski definition) is 5. The van der Waals surface area contributed by atoms with Crippen molar-refractivity contribution in [3.63, 3.8) is 0 Å². The Morgan fingerprint density at radius 3 is 2.09 bits per heavy atom. The molecule has 1 aliphatic heterocycles. The van der Waals surface area contributed by atoms with Crippen molar-refractivity contribution in [1.82, 2.24) is 0 Å². The lowest BCUT2D eigenvalue weighted by Gasteiger charge is -2.42. The topological polar surface area (TPSA) is 67.9 Å². The second-order valence-electron chi connectivity index (χ2n) is 14.1. The number of carbonyl (C=O) groups is 2. The lowest BCUT2D eigenvalue weighted by atomic mass is 10.0. The average Bonchev–Trinajstić information content (AvgIpc) is 2.92. The minimum Gasteiger partial charge on any atom is -0.456 e. The Hall–Kier alpha value is -3.42. The number of hydrogen-bond donors (Lipinski definition) is 1. The van der Waals surface area contributed by atoms with Gasteiger partial charge in [-0.25, -0.2) is 4.79 Å². The molecule has 0 saturated carbocycles. The molecule has 1 saturated heterocycles. The number of anilines is 2. The van der Waals surface area contributed by atoms with Crippen molar-refractivity contribution in [3.05, 3.63) is 83.4 Å². The zero-order chi connectivity index (χ0) is 31.6. The summed E-state index contributed by atoms with van der Waals surface area (Å²) < 4.78 is 12.4. The highest BCUT2D eigenvalue weighted by molar-refractivity contribution is 6.74. The molecule has 0 spiro atoms. The molecular formula is C36H48N2O4Si. The highest BCUT2D eigenvalue weighted by atomic mass is 28.4. The number of ether oxygens (including phenoxy) is 1. The third kappa shape index (κ3) is 8.15. The van der Waals surface area contributed by atoms with Crippen LogP contribution in [0.15, 0.2) is 66.7 Å². The fourth-order valence-electron chi connectivity index (χ4n) is 5.04. The Bertz CT molecular complexity index is 1450. The molecule has 0 atom stereocenters. The van der Waals surface area contributed by atoms with E-state index < -0.39 is 19.9 Å². The molecule has 1 amide bonds. The molecule has 1 fully saturated rings. The maximum absolute atomic E-state index is 13.8. The van der Waals surface area contributed by atoms with Crippen LogP contribution in [0.1, 0.15) is 80.7 Å². The summed E-state index contributed by atoms with van der Waals surface area (Å²) in [5, 5.41) is 3.24. The predicted molar refractivity (Wildman–Crippen MR) is 180 cm³/mol. The van der Waals surface area contributed by atoms with Gasteiger partial charge in [0.05, 0.1) is 11.3 Å². The second kappa shape index (κ2) is 12.7. The molecule has 0 aromatic heterocycles. The molecule has 3 aromatic rings. The predicted octanol–water partition coefficient (Wildman–Crippen LogP) is 8.86. The first-order valence-electron chi connectivity index (χ1n) is 15.3. The standard InChI is InChI=1S/C36H48N2O4Si/c1-25-15-17-28(38-21-19-29(20-22-38)42-43(8,9)36(5,6)7)24-31(25)33(39)37-32-23-27(26-13-11-10-12-14-26)16-18-30(32)34(40)41-35(2,3)4/h10-18,23-24,29H,19-22H2,1-9H3,(H,37,39). The maximum Gasteiger partial charge on any atom is 0.340 e. The lowest BCUT2D eigenvalue weighted by Crippen LogP contribution is -2.47. The van der Waals surface area contributed by atoms with Crippen molar-refractivity contribution < 1.29 is 18.8 Å². The van der Waals surface area contributed by atoms with Gasteiger partial charge in [0.2, 0.25) is 0 Å². The van der Waals surface area contributed by atoms with Crippen molar-refractivity contribution >= 4 is 31.6 Å². The SMILES string of the molecule is Cc1ccc(N2CCC(O[Si](C)(C)C(C)(C)C)CC2)cc1C(=O)Nc1cc(-c2ccccc2)ccc1C(=O)OC(C)(C)C. The van der Waals surface area contributed by atoms with E-state index >= 15 is 0 Å². The van der Waals surface area contributed by atoms with Crippen LogP contribution < -0.4 is 10.2 Å². The van der Waals surface area contributed by atoms with E-state index in [4.69, 9.17) is 9.16 Å². The summed E-state index contributed by atoms with van der Waals surface area (Å²) in [5.41, 5.74) is 4.45. The van der Waals surface area contributed by atoms with Gasteiger partial charge in [0, 0.05) is 30.4 Å². The van der Waals surface area contributed by atoms with Crippen LogP contribution in [-0.4, -0.2) is 45.0 Å². The van der Waals surface area contributed by atoms with E-state index in [1.807, 2.05) is 82.3 Å². The number of piperidine rings is 1. The Balaban J connectivity index is 1.55. The van der Waals surface area contributed by atoms with Crippen LogP contribution in [0, 0.1) is 6.92 Å². The summed E-state index contributed by atoms with van der Waals surface area (Å²) in [5.74, 6) is -0.735. The zero-order valence-electron chi connectivity index (χ0n) is 27.3. The number of nitrogens with one attached hydrogen (secondary N) is 1. The normalized spacial score (nSPS) is 14.9. The van der Waals surface area contributed by atoms with Gasteiger partial charge in [0.25, 0.3) is 5.91 Å². The van der Waals surface area contributed by atoms with Crippen LogP contribution in [-0.2, 0) is 9.16 Å². The first kappa shape index (κ1) is 32.5. The van der Waals surface area contributed by atoms with E-state index in [1.54, 1.807) is 6.07 Å². The van der Waals surface area contributed by atoms with E-state index in [2.05, 4.69) is 50.1 Å². The van der Waals surface area contributed by atoms with Crippen LogP contribution in [0.2, 0.25) is 18.1 Å². The van der Waals surface area contributed by atoms with Crippen LogP contribution in [0.25, 0.3) is 11.1 Å². The number of aryl methyl sites for hydroxylation is 1. The third-order valence-electron chi connectivity index (χ3n) is 8.53. The van der Waals surface area contributed by atoms with Crippen molar-refractivity contribution in [1.29, 1.82) is 0 Å². The molecule has 230 valence electrons. The third-order valence-corrected chi connectivity index (χ3v) is 13.1. The van der Waals surface area contributed by atoms with Crippen molar-refractivity contribution in [3.8, 4) is 11.1 Å². The van der Waals surface area contributed by atoms with Crippen LogP contribution >= 0.6 is 0 Å². The molecule has 0 aliphatic carbocycles. The Morgan fingerprint density at radius 2 is 1.49 bits per heavy atom. The molecule has 0 radical (unpaired) electrons. The molecule has 6 nitrogen and oxygen atoms in total. The second-order valence-corrected chi connectivity index (χ2v) is 18.9. The molecule has 0 unspecified atom stereocenters. The summed E-state index contributed by atoms with van der Waals surface area (Å²) >= 11 is 0. The summed E-state index contributed by atoms with van der Waals surface area (Å²) in [7, 11) is -1.82. The number of esters is 1. The fraction of sp³-hybridized carbons (Fsp3) is 0.444. The Morgan fingerprint density at radius 1 is 0.837 bits per heavy atom. The van der Waals surface area contributed by atoms with E-state index in [1.165, 1.54) is 0 Å². The molecule has 4 rings (SSSR count). The van der Waals surface area contributed by atoms with E-state index in [0.717, 1.165) is 48.3 Å². The number of benzene rings is 3. The first-order valence-corrected chi connectivity index (χ1v) is 18.2. The van der Waals surface area contributed by atoms with E-state index in [0.29, 0.717) is 16.8 Å². The van der Waals surface area contributed by atoms with Crippen molar-refractivity contribution in [2.45, 2.75) is 91.1 Å². The zero-order valence-corrected chi connectivity index (χ0v) is 28.3. The highest BCUT2D eigenvalue weighted by Gasteiger charge is 2.39. The summed E-state index contributed by atoms with van der Waals surface area (Å²) in [6.45, 7) is 20.7. The molecule has 43 heavy (non-hydrogen) atoms. The Labute approximate surface area is 258 Å². The average molecular weight is 601 g/mol. The largest absolute Gasteiger partial charge is 0.456 e. The quantitative estimate of drug-likeness (QED) is 0.217. The molecular weight excluding hydrogens is 552 g/mol. The number of amides is 1.